The Morgan fingerprint density at radius 3 is 2.37 bits per heavy atom. The Morgan fingerprint density at radius 1 is 1.00 bits per heavy atom. The number of carbonyl (C=O) groups is 1. The summed E-state index contributed by atoms with van der Waals surface area (Å²) in [5.74, 6) is 0.822. The lowest BCUT2D eigenvalue weighted by Gasteiger charge is -2.07. The van der Waals surface area contributed by atoms with Crippen molar-refractivity contribution in [3.05, 3.63) is 95.8 Å². The zero-order valence-corrected chi connectivity index (χ0v) is 16.2. The summed E-state index contributed by atoms with van der Waals surface area (Å²) in [5, 5.41) is 7.57. The van der Waals surface area contributed by atoms with E-state index in [9.17, 15) is 9.18 Å². The minimum Gasteiger partial charge on any atom is -0.497 e. The van der Waals surface area contributed by atoms with E-state index in [4.69, 9.17) is 4.74 Å². The maximum Gasteiger partial charge on any atom is 0.281 e. The third-order valence-corrected chi connectivity index (χ3v) is 4.53. The Hall–Kier alpha value is -4.00. The van der Waals surface area contributed by atoms with Gasteiger partial charge >= 0.3 is 0 Å². The van der Waals surface area contributed by atoms with Crippen LogP contribution in [0.25, 0.3) is 11.4 Å². The van der Waals surface area contributed by atoms with Gasteiger partial charge in [0.05, 0.1) is 7.11 Å². The summed E-state index contributed by atoms with van der Waals surface area (Å²) in [6.07, 6.45) is 0. The van der Waals surface area contributed by atoms with Crippen molar-refractivity contribution in [1.29, 1.82) is 0 Å². The first kappa shape index (κ1) is 19.3. The number of halogens is 1. The van der Waals surface area contributed by atoms with Crippen molar-refractivity contribution in [1.82, 2.24) is 14.8 Å². The Bertz CT molecular complexity index is 1140. The predicted molar refractivity (Wildman–Crippen MR) is 112 cm³/mol. The monoisotopic (exact) mass is 402 g/mol. The molecule has 30 heavy (non-hydrogen) atoms. The molecule has 0 radical (unpaired) electrons. The van der Waals surface area contributed by atoms with Gasteiger partial charge in [-0.25, -0.2) is 4.39 Å². The van der Waals surface area contributed by atoms with Crippen molar-refractivity contribution < 1.29 is 13.9 Å². The summed E-state index contributed by atoms with van der Waals surface area (Å²) in [6, 6.07) is 22.3. The Kier molecular flexibility index (Phi) is 5.52. The summed E-state index contributed by atoms with van der Waals surface area (Å²) in [6.45, 7) is 0.364. The average molecular weight is 402 g/mol. The molecule has 0 amide bonds. The summed E-state index contributed by atoms with van der Waals surface area (Å²) < 4.78 is 19.6. The number of rotatable bonds is 6. The molecule has 0 aliphatic rings. The van der Waals surface area contributed by atoms with Crippen molar-refractivity contribution >= 4 is 11.9 Å². The number of ether oxygens (including phenoxy) is 1. The van der Waals surface area contributed by atoms with Crippen molar-refractivity contribution in [2.45, 2.75) is 6.54 Å². The Labute approximate surface area is 173 Å². The predicted octanol–water partition coefficient (Wildman–Crippen LogP) is 4.39. The first-order chi connectivity index (χ1) is 14.6. The van der Waals surface area contributed by atoms with Gasteiger partial charge in [-0.2, -0.15) is 9.67 Å². The molecule has 1 N–H and O–H groups in total. The number of hydrogen-bond acceptors (Lipinski definition) is 5. The Balaban J connectivity index is 1.67. The van der Waals surface area contributed by atoms with E-state index in [1.165, 1.54) is 16.8 Å². The molecule has 0 unspecified atom stereocenters. The highest BCUT2D eigenvalue weighted by Crippen LogP contribution is 2.22. The summed E-state index contributed by atoms with van der Waals surface area (Å²) in [7, 11) is 1.60. The van der Waals surface area contributed by atoms with Crippen LogP contribution in [-0.2, 0) is 6.54 Å². The first-order valence-corrected chi connectivity index (χ1v) is 9.33. The number of hydrogen-bond donors (Lipinski definition) is 1. The lowest BCUT2D eigenvalue weighted by molar-refractivity contribution is 0.0947. The quantitative estimate of drug-likeness (QED) is 0.518. The summed E-state index contributed by atoms with van der Waals surface area (Å²) in [5.41, 5.74) is 2.10. The standard InChI is InChI=1S/C23H19FN4O2/c1-30-20-13-9-17(10-14-20)21-26-23(25-15-16-7-11-19(24)12-8-16)28(27-21)22(29)18-5-3-2-4-6-18/h2-14H,15H2,1H3,(H,25,26,27). The highest BCUT2D eigenvalue weighted by Gasteiger charge is 2.18. The lowest BCUT2D eigenvalue weighted by atomic mass is 10.2. The van der Waals surface area contributed by atoms with Crippen LogP contribution in [-0.4, -0.2) is 27.8 Å². The van der Waals surface area contributed by atoms with Crippen LogP contribution in [0.4, 0.5) is 10.3 Å². The zero-order valence-electron chi connectivity index (χ0n) is 16.2. The average Bonchev–Trinajstić information content (AvgIpc) is 3.23. The van der Waals surface area contributed by atoms with Gasteiger partial charge in [0.2, 0.25) is 5.95 Å². The molecule has 0 saturated heterocycles. The van der Waals surface area contributed by atoms with E-state index >= 15 is 0 Å². The second-order valence-electron chi connectivity index (χ2n) is 6.55. The highest BCUT2D eigenvalue weighted by atomic mass is 19.1. The van der Waals surface area contributed by atoms with E-state index in [0.29, 0.717) is 29.6 Å². The van der Waals surface area contributed by atoms with Crippen LogP contribution < -0.4 is 10.1 Å². The first-order valence-electron chi connectivity index (χ1n) is 9.33. The number of methoxy groups -OCH3 is 1. The number of benzene rings is 3. The van der Waals surface area contributed by atoms with Crippen LogP contribution in [0.5, 0.6) is 5.75 Å². The lowest BCUT2D eigenvalue weighted by Crippen LogP contribution is -2.17. The molecule has 0 aliphatic heterocycles. The van der Waals surface area contributed by atoms with Crippen LogP contribution in [0.3, 0.4) is 0 Å². The van der Waals surface area contributed by atoms with Crippen molar-refractivity contribution in [3.8, 4) is 17.1 Å². The van der Waals surface area contributed by atoms with Gasteiger partial charge in [-0.3, -0.25) is 4.79 Å². The molecule has 0 aliphatic carbocycles. The maximum atomic E-state index is 13.2. The van der Waals surface area contributed by atoms with E-state index in [0.717, 1.165) is 11.1 Å². The van der Waals surface area contributed by atoms with Crippen molar-refractivity contribution in [3.63, 3.8) is 0 Å². The number of carbonyl (C=O) groups excluding carboxylic acids is 1. The normalized spacial score (nSPS) is 10.6. The Morgan fingerprint density at radius 2 is 1.70 bits per heavy atom. The molecule has 0 spiro atoms. The molecule has 1 heterocycles. The molecule has 7 heteroatoms. The fourth-order valence-corrected chi connectivity index (χ4v) is 2.92. The minimum absolute atomic E-state index is 0.301. The van der Waals surface area contributed by atoms with E-state index in [-0.39, 0.29) is 11.7 Å². The van der Waals surface area contributed by atoms with E-state index in [1.807, 2.05) is 18.2 Å². The summed E-state index contributed by atoms with van der Waals surface area (Å²) in [4.78, 5) is 17.5. The van der Waals surface area contributed by atoms with Gasteiger partial charge in [-0.05, 0) is 54.1 Å². The molecular formula is C23H19FN4O2. The zero-order chi connectivity index (χ0) is 20.9. The second-order valence-corrected chi connectivity index (χ2v) is 6.55. The second kappa shape index (κ2) is 8.57. The fraction of sp³-hybridized carbons (Fsp3) is 0.0870. The van der Waals surface area contributed by atoms with Gasteiger partial charge in [-0.15, -0.1) is 5.10 Å². The van der Waals surface area contributed by atoms with E-state index < -0.39 is 0 Å². The van der Waals surface area contributed by atoms with Gasteiger partial charge in [-0.1, -0.05) is 30.3 Å². The number of nitrogens with zero attached hydrogens (tertiary/aromatic N) is 3. The van der Waals surface area contributed by atoms with Gasteiger partial charge in [0.1, 0.15) is 11.6 Å². The fourth-order valence-electron chi connectivity index (χ4n) is 2.92. The van der Waals surface area contributed by atoms with Crippen LogP contribution in [0.15, 0.2) is 78.9 Å². The third-order valence-electron chi connectivity index (χ3n) is 4.53. The number of aromatic nitrogens is 3. The molecule has 1 aromatic heterocycles. The van der Waals surface area contributed by atoms with Gasteiger partial charge in [0.25, 0.3) is 5.91 Å². The molecule has 4 rings (SSSR count). The minimum atomic E-state index is -0.303. The third kappa shape index (κ3) is 4.20. The number of anilines is 1. The van der Waals surface area contributed by atoms with Crippen LogP contribution in [0.2, 0.25) is 0 Å². The van der Waals surface area contributed by atoms with Crippen LogP contribution in [0, 0.1) is 5.82 Å². The largest absolute Gasteiger partial charge is 0.497 e. The van der Waals surface area contributed by atoms with E-state index in [1.54, 1.807) is 55.6 Å². The molecule has 0 bridgehead atoms. The molecule has 0 atom stereocenters. The highest BCUT2D eigenvalue weighted by molar-refractivity contribution is 5.97. The molecule has 3 aromatic carbocycles. The van der Waals surface area contributed by atoms with Gasteiger partial charge < -0.3 is 10.1 Å². The summed E-state index contributed by atoms with van der Waals surface area (Å²) >= 11 is 0. The molecule has 6 nitrogen and oxygen atoms in total. The molecule has 4 aromatic rings. The molecular weight excluding hydrogens is 383 g/mol. The van der Waals surface area contributed by atoms with Crippen molar-refractivity contribution in [2.75, 3.05) is 12.4 Å². The SMILES string of the molecule is COc1ccc(-c2nc(NCc3ccc(F)cc3)n(C(=O)c3ccccc3)n2)cc1. The van der Waals surface area contributed by atoms with Gasteiger partial charge in [0, 0.05) is 17.7 Å². The molecule has 0 saturated carbocycles. The number of nitrogens with one attached hydrogen (secondary N) is 1. The van der Waals surface area contributed by atoms with Gasteiger partial charge in [0.15, 0.2) is 5.82 Å². The van der Waals surface area contributed by atoms with Crippen LogP contribution in [0.1, 0.15) is 15.9 Å². The topological polar surface area (TPSA) is 69.0 Å². The van der Waals surface area contributed by atoms with E-state index in [2.05, 4.69) is 15.4 Å². The van der Waals surface area contributed by atoms with Crippen molar-refractivity contribution in [2.24, 2.45) is 0 Å². The smallest absolute Gasteiger partial charge is 0.281 e. The molecule has 150 valence electrons. The maximum absolute atomic E-state index is 13.2. The molecule has 0 fully saturated rings. The van der Waals surface area contributed by atoms with Crippen LogP contribution >= 0.6 is 0 Å².